The van der Waals surface area contributed by atoms with E-state index in [1.807, 2.05) is 0 Å². The van der Waals surface area contributed by atoms with Crippen molar-refractivity contribution in [2.24, 2.45) is 0 Å². The van der Waals surface area contributed by atoms with Gasteiger partial charge in [0.2, 0.25) is 0 Å². The highest BCUT2D eigenvalue weighted by Gasteiger charge is 2.11. The van der Waals surface area contributed by atoms with Crippen LogP contribution in [0, 0.1) is 11.6 Å². The minimum Gasteiger partial charge on any atom is -0.488 e. The summed E-state index contributed by atoms with van der Waals surface area (Å²) in [5.74, 6) is -1.80. The monoisotopic (exact) mass is 251 g/mol. The van der Waals surface area contributed by atoms with Gasteiger partial charge in [-0.3, -0.25) is 4.79 Å². The first-order valence-electron chi connectivity index (χ1n) is 5.43. The second kappa shape index (κ2) is 5.00. The molecule has 0 unspecified atom stereocenters. The van der Waals surface area contributed by atoms with Gasteiger partial charge in [0.05, 0.1) is 6.61 Å². The van der Waals surface area contributed by atoms with Crippen LogP contribution in [-0.2, 0) is 0 Å². The number of hydrogen-bond donors (Lipinski definition) is 1. The number of halogens is 2. The zero-order chi connectivity index (χ0) is 13.1. The van der Waals surface area contributed by atoms with Crippen molar-refractivity contribution >= 4 is 0 Å². The molecule has 2 rings (SSSR count). The van der Waals surface area contributed by atoms with Crippen molar-refractivity contribution in [2.45, 2.75) is 6.92 Å². The fraction of sp³-hybridized carbons (Fsp3) is 0.154. The molecule has 5 heteroatoms. The summed E-state index contributed by atoms with van der Waals surface area (Å²) in [5.41, 5.74) is 0.0275. The Bertz CT molecular complexity index is 623. The van der Waals surface area contributed by atoms with Crippen molar-refractivity contribution in [3.63, 3.8) is 0 Å². The summed E-state index contributed by atoms with van der Waals surface area (Å²) >= 11 is 0. The number of benzene rings is 1. The van der Waals surface area contributed by atoms with Gasteiger partial charge in [-0.25, -0.2) is 8.78 Å². The van der Waals surface area contributed by atoms with E-state index in [0.717, 1.165) is 6.07 Å². The number of nitrogens with one attached hydrogen (secondary N) is 1. The van der Waals surface area contributed by atoms with E-state index in [4.69, 9.17) is 4.74 Å². The molecule has 0 spiro atoms. The molecule has 1 heterocycles. The summed E-state index contributed by atoms with van der Waals surface area (Å²) < 4.78 is 31.8. The van der Waals surface area contributed by atoms with Gasteiger partial charge >= 0.3 is 0 Å². The molecule has 0 aliphatic heterocycles. The Labute approximate surface area is 102 Å². The molecule has 1 aromatic carbocycles. The molecule has 1 N–H and O–H groups in total. The van der Waals surface area contributed by atoms with Gasteiger partial charge in [0.25, 0.3) is 5.56 Å². The van der Waals surface area contributed by atoms with E-state index in [1.54, 1.807) is 6.92 Å². The first-order valence-corrected chi connectivity index (χ1v) is 5.43. The van der Waals surface area contributed by atoms with Crippen molar-refractivity contribution < 1.29 is 13.5 Å². The van der Waals surface area contributed by atoms with Crippen LogP contribution in [0.3, 0.4) is 0 Å². The molecule has 0 saturated carbocycles. The summed E-state index contributed by atoms with van der Waals surface area (Å²) in [6.07, 6.45) is 1.32. The average Bonchev–Trinajstić information content (AvgIpc) is 2.36. The predicted molar refractivity (Wildman–Crippen MR) is 63.6 cm³/mol. The van der Waals surface area contributed by atoms with Crippen LogP contribution in [0.15, 0.2) is 35.3 Å². The van der Waals surface area contributed by atoms with Gasteiger partial charge in [-0.1, -0.05) is 12.1 Å². The number of aromatic amines is 1. The number of aromatic nitrogens is 1. The summed E-state index contributed by atoms with van der Waals surface area (Å²) in [6, 6.07) is 5.26. The Kier molecular flexibility index (Phi) is 3.41. The smallest absolute Gasteiger partial charge is 0.290 e. The van der Waals surface area contributed by atoms with Crippen LogP contribution < -0.4 is 10.3 Å². The lowest BCUT2D eigenvalue weighted by Crippen LogP contribution is -2.10. The number of pyridine rings is 1. The minimum atomic E-state index is -0.952. The van der Waals surface area contributed by atoms with Gasteiger partial charge in [-0.2, -0.15) is 0 Å². The van der Waals surface area contributed by atoms with Crippen LogP contribution in [-0.4, -0.2) is 11.6 Å². The molecule has 0 fully saturated rings. The molecule has 0 saturated heterocycles. The van der Waals surface area contributed by atoms with E-state index in [-0.39, 0.29) is 11.3 Å². The third kappa shape index (κ3) is 2.25. The molecular formula is C13H11F2NO2. The first kappa shape index (κ1) is 12.3. The Morgan fingerprint density at radius 2 is 2.11 bits per heavy atom. The zero-order valence-electron chi connectivity index (χ0n) is 9.67. The molecule has 1 aromatic heterocycles. The van der Waals surface area contributed by atoms with Gasteiger partial charge < -0.3 is 9.72 Å². The molecule has 0 aliphatic carbocycles. The van der Waals surface area contributed by atoms with E-state index < -0.39 is 17.2 Å². The Morgan fingerprint density at radius 1 is 1.33 bits per heavy atom. The molecule has 2 aromatic rings. The first-order chi connectivity index (χ1) is 8.63. The normalized spacial score (nSPS) is 10.4. The molecule has 94 valence electrons. The molecule has 18 heavy (non-hydrogen) atoms. The molecule has 0 bridgehead atoms. The molecule has 0 radical (unpaired) electrons. The van der Waals surface area contributed by atoms with E-state index in [1.165, 1.54) is 24.4 Å². The van der Waals surface area contributed by atoms with Crippen molar-refractivity contribution in [3.05, 3.63) is 52.5 Å². The van der Waals surface area contributed by atoms with E-state index in [2.05, 4.69) is 4.98 Å². The maximum atomic E-state index is 13.6. The summed E-state index contributed by atoms with van der Waals surface area (Å²) in [6.45, 7) is 2.05. The SMILES string of the molecule is CCOc1cc(-c2cccc(F)c2F)c[nH]c1=O. The Morgan fingerprint density at radius 3 is 2.83 bits per heavy atom. The van der Waals surface area contributed by atoms with Crippen LogP contribution >= 0.6 is 0 Å². The highest BCUT2D eigenvalue weighted by atomic mass is 19.2. The van der Waals surface area contributed by atoms with Crippen LogP contribution in [0.2, 0.25) is 0 Å². The lowest BCUT2D eigenvalue weighted by Gasteiger charge is -2.06. The summed E-state index contributed by atoms with van der Waals surface area (Å²) in [5, 5.41) is 0. The van der Waals surface area contributed by atoms with Crippen LogP contribution in [0.25, 0.3) is 11.1 Å². The van der Waals surface area contributed by atoms with Crippen LogP contribution in [0.5, 0.6) is 5.75 Å². The highest BCUT2D eigenvalue weighted by molar-refractivity contribution is 5.64. The maximum absolute atomic E-state index is 13.6. The average molecular weight is 251 g/mol. The van der Waals surface area contributed by atoms with E-state index in [9.17, 15) is 13.6 Å². The van der Waals surface area contributed by atoms with Gasteiger partial charge in [0.1, 0.15) is 0 Å². The number of rotatable bonds is 3. The fourth-order valence-electron chi connectivity index (χ4n) is 1.61. The third-order valence-electron chi connectivity index (χ3n) is 2.43. The largest absolute Gasteiger partial charge is 0.488 e. The Hall–Kier alpha value is -2.17. The quantitative estimate of drug-likeness (QED) is 0.911. The van der Waals surface area contributed by atoms with Gasteiger partial charge in [-0.15, -0.1) is 0 Å². The van der Waals surface area contributed by atoms with Crippen molar-refractivity contribution in [1.82, 2.24) is 4.98 Å². The highest BCUT2D eigenvalue weighted by Crippen LogP contribution is 2.25. The molecule has 0 atom stereocenters. The lowest BCUT2D eigenvalue weighted by molar-refractivity contribution is 0.335. The van der Waals surface area contributed by atoms with Crippen molar-refractivity contribution in [1.29, 1.82) is 0 Å². The standard InChI is InChI=1S/C13H11F2NO2/c1-2-18-11-6-8(7-16-13(11)17)9-4-3-5-10(14)12(9)15/h3-7H,2H2,1H3,(H,16,17). The lowest BCUT2D eigenvalue weighted by atomic mass is 10.1. The summed E-state index contributed by atoms with van der Waals surface area (Å²) in [7, 11) is 0. The zero-order valence-corrected chi connectivity index (χ0v) is 9.67. The van der Waals surface area contributed by atoms with Gasteiger partial charge in [-0.05, 0) is 19.1 Å². The Balaban J connectivity index is 2.54. The van der Waals surface area contributed by atoms with Gasteiger partial charge in [0.15, 0.2) is 17.4 Å². The van der Waals surface area contributed by atoms with Crippen molar-refractivity contribution in [3.8, 4) is 16.9 Å². The predicted octanol–water partition coefficient (Wildman–Crippen LogP) is 2.72. The van der Waals surface area contributed by atoms with E-state index >= 15 is 0 Å². The van der Waals surface area contributed by atoms with E-state index in [0.29, 0.717) is 12.2 Å². The fourth-order valence-corrected chi connectivity index (χ4v) is 1.61. The second-order valence-electron chi connectivity index (χ2n) is 3.62. The minimum absolute atomic E-state index is 0.0761. The topological polar surface area (TPSA) is 42.1 Å². The number of ether oxygens (including phenoxy) is 1. The van der Waals surface area contributed by atoms with Crippen LogP contribution in [0.4, 0.5) is 8.78 Å². The molecule has 3 nitrogen and oxygen atoms in total. The molecular weight excluding hydrogens is 240 g/mol. The van der Waals surface area contributed by atoms with Crippen LogP contribution in [0.1, 0.15) is 6.92 Å². The third-order valence-corrected chi connectivity index (χ3v) is 2.43. The second-order valence-corrected chi connectivity index (χ2v) is 3.62. The van der Waals surface area contributed by atoms with Crippen molar-refractivity contribution in [2.75, 3.05) is 6.61 Å². The molecule has 0 amide bonds. The number of hydrogen-bond acceptors (Lipinski definition) is 2. The maximum Gasteiger partial charge on any atom is 0.290 e. The molecule has 0 aliphatic rings. The number of H-pyrrole nitrogens is 1. The van der Waals surface area contributed by atoms with Gasteiger partial charge in [0, 0.05) is 17.3 Å². The summed E-state index contributed by atoms with van der Waals surface area (Å²) in [4.78, 5) is 13.8.